The van der Waals surface area contributed by atoms with Crippen LogP contribution in [0.5, 0.6) is 0 Å². The summed E-state index contributed by atoms with van der Waals surface area (Å²) in [6, 6.07) is 0. The Kier molecular flexibility index (Phi) is 4.68. The molecule has 0 aliphatic carbocycles. The van der Waals surface area contributed by atoms with Crippen LogP contribution in [0.2, 0.25) is 0 Å². The Bertz CT molecular complexity index is 123. The summed E-state index contributed by atoms with van der Waals surface area (Å²) in [6.45, 7) is 14.1. The molecule has 1 heteroatoms. The van der Waals surface area contributed by atoms with Gasteiger partial charge in [-0.25, -0.2) is 0 Å². The van der Waals surface area contributed by atoms with Gasteiger partial charge in [-0.1, -0.05) is 41.5 Å². The lowest BCUT2D eigenvalue weighted by atomic mass is 9.74. The molecule has 0 amide bonds. The molecule has 0 spiro atoms. The molecule has 0 heterocycles. The molecule has 0 saturated heterocycles. The van der Waals surface area contributed by atoms with E-state index in [9.17, 15) is 0 Å². The van der Waals surface area contributed by atoms with Crippen LogP contribution in [0.4, 0.5) is 0 Å². The smallest absolute Gasteiger partial charge is 0.00443 e. The standard InChI is InChI=1S/C11H24S/c1-8(10(3)12-7)9(2)11(4,5)6/h8-10H,1-7H3. The van der Waals surface area contributed by atoms with Crippen molar-refractivity contribution in [1.82, 2.24) is 0 Å². The molecule has 74 valence electrons. The van der Waals surface area contributed by atoms with E-state index in [2.05, 4.69) is 47.8 Å². The van der Waals surface area contributed by atoms with Crippen LogP contribution in [0.3, 0.4) is 0 Å². The molecule has 0 bridgehead atoms. The van der Waals surface area contributed by atoms with Gasteiger partial charge in [-0.2, -0.15) is 11.8 Å². The maximum absolute atomic E-state index is 2.37. The lowest BCUT2D eigenvalue weighted by Crippen LogP contribution is -2.28. The third kappa shape index (κ3) is 3.38. The van der Waals surface area contributed by atoms with Gasteiger partial charge >= 0.3 is 0 Å². The predicted octanol–water partition coefficient (Wildman–Crippen LogP) is 4.06. The van der Waals surface area contributed by atoms with Crippen molar-refractivity contribution in [2.75, 3.05) is 6.26 Å². The first-order valence-electron chi connectivity index (χ1n) is 4.83. The fourth-order valence-electron chi connectivity index (χ4n) is 1.41. The molecule has 0 radical (unpaired) electrons. The van der Waals surface area contributed by atoms with Gasteiger partial charge in [-0.15, -0.1) is 0 Å². The van der Waals surface area contributed by atoms with Gasteiger partial charge in [-0.3, -0.25) is 0 Å². The molecular formula is C11H24S. The molecule has 12 heavy (non-hydrogen) atoms. The Morgan fingerprint density at radius 1 is 1.00 bits per heavy atom. The summed E-state index contributed by atoms with van der Waals surface area (Å²) in [5.41, 5.74) is 0.448. The average Bonchev–Trinajstić information content (AvgIpc) is 1.98. The van der Waals surface area contributed by atoms with Crippen molar-refractivity contribution in [2.45, 2.75) is 46.8 Å². The van der Waals surface area contributed by atoms with Crippen molar-refractivity contribution in [1.29, 1.82) is 0 Å². The summed E-state index contributed by atoms with van der Waals surface area (Å²) in [5, 5.41) is 0.777. The van der Waals surface area contributed by atoms with E-state index in [1.54, 1.807) is 0 Å². The zero-order valence-electron chi connectivity index (χ0n) is 9.64. The van der Waals surface area contributed by atoms with Gasteiger partial charge < -0.3 is 0 Å². The fraction of sp³-hybridized carbons (Fsp3) is 1.00. The molecular weight excluding hydrogens is 164 g/mol. The average molecular weight is 188 g/mol. The summed E-state index contributed by atoms with van der Waals surface area (Å²) < 4.78 is 0. The van der Waals surface area contributed by atoms with Crippen LogP contribution < -0.4 is 0 Å². The first-order valence-corrected chi connectivity index (χ1v) is 6.12. The number of thioether (sulfide) groups is 1. The molecule has 3 unspecified atom stereocenters. The van der Waals surface area contributed by atoms with E-state index in [0.29, 0.717) is 5.41 Å². The molecule has 0 N–H and O–H groups in total. The fourth-order valence-corrected chi connectivity index (χ4v) is 2.07. The highest BCUT2D eigenvalue weighted by Gasteiger charge is 2.28. The maximum Gasteiger partial charge on any atom is 0.00443 e. The highest BCUT2D eigenvalue weighted by molar-refractivity contribution is 7.99. The Hall–Kier alpha value is 0.350. The van der Waals surface area contributed by atoms with Gasteiger partial charge in [0.15, 0.2) is 0 Å². The van der Waals surface area contributed by atoms with Gasteiger partial charge in [0.25, 0.3) is 0 Å². The lowest BCUT2D eigenvalue weighted by molar-refractivity contribution is 0.188. The SMILES string of the molecule is CSC(C)C(C)C(C)C(C)(C)C. The van der Waals surface area contributed by atoms with E-state index < -0.39 is 0 Å². The lowest BCUT2D eigenvalue weighted by Gasteiger charge is -2.35. The van der Waals surface area contributed by atoms with Crippen molar-refractivity contribution < 1.29 is 0 Å². The van der Waals surface area contributed by atoms with Gasteiger partial charge in [0.2, 0.25) is 0 Å². The second-order valence-corrected chi connectivity index (χ2v) is 6.17. The van der Waals surface area contributed by atoms with E-state index in [0.717, 1.165) is 17.1 Å². The zero-order valence-corrected chi connectivity index (χ0v) is 10.5. The highest BCUT2D eigenvalue weighted by Crippen LogP contribution is 2.35. The minimum absolute atomic E-state index is 0.448. The molecule has 0 aliphatic rings. The van der Waals surface area contributed by atoms with Gasteiger partial charge in [0.05, 0.1) is 0 Å². The Morgan fingerprint density at radius 3 is 1.67 bits per heavy atom. The summed E-state index contributed by atoms with van der Waals surface area (Å²) in [6.07, 6.45) is 2.20. The molecule has 0 rings (SSSR count). The topological polar surface area (TPSA) is 0 Å². The molecule has 0 aromatic carbocycles. The summed E-state index contributed by atoms with van der Waals surface area (Å²) in [5.74, 6) is 1.60. The molecule has 0 fully saturated rings. The first kappa shape index (κ1) is 12.3. The monoisotopic (exact) mass is 188 g/mol. The van der Waals surface area contributed by atoms with Crippen LogP contribution in [-0.2, 0) is 0 Å². The normalized spacial score (nSPS) is 20.2. The first-order chi connectivity index (χ1) is 5.30. The molecule has 0 aromatic heterocycles. The Balaban J connectivity index is 4.19. The van der Waals surface area contributed by atoms with Crippen molar-refractivity contribution in [3.63, 3.8) is 0 Å². The minimum atomic E-state index is 0.448. The number of hydrogen-bond donors (Lipinski definition) is 0. The summed E-state index contributed by atoms with van der Waals surface area (Å²) >= 11 is 1.98. The number of rotatable bonds is 3. The van der Waals surface area contributed by atoms with Gasteiger partial charge in [-0.05, 0) is 23.5 Å². The van der Waals surface area contributed by atoms with Crippen LogP contribution in [0.25, 0.3) is 0 Å². The predicted molar refractivity (Wildman–Crippen MR) is 60.8 cm³/mol. The van der Waals surface area contributed by atoms with Crippen LogP contribution in [0.1, 0.15) is 41.5 Å². The Labute approximate surface area is 82.5 Å². The van der Waals surface area contributed by atoms with Crippen LogP contribution in [0.15, 0.2) is 0 Å². The van der Waals surface area contributed by atoms with Gasteiger partial charge in [0, 0.05) is 5.25 Å². The molecule has 0 nitrogen and oxygen atoms in total. The van der Waals surface area contributed by atoms with Crippen molar-refractivity contribution in [2.24, 2.45) is 17.3 Å². The third-order valence-corrected chi connectivity index (χ3v) is 4.44. The van der Waals surface area contributed by atoms with E-state index in [4.69, 9.17) is 0 Å². The van der Waals surface area contributed by atoms with E-state index in [1.165, 1.54) is 0 Å². The van der Waals surface area contributed by atoms with E-state index in [-0.39, 0.29) is 0 Å². The van der Waals surface area contributed by atoms with E-state index in [1.807, 2.05) is 11.8 Å². The number of hydrogen-bond acceptors (Lipinski definition) is 1. The van der Waals surface area contributed by atoms with Crippen molar-refractivity contribution >= 4 is 11.8 Å². The second-order valence-electron chi connectivity index (χ2n) is 4.95. The van der Waals surface area contributed by atoms with Crippen LogP contribution in [-0.4, -0.2) is 11.5 Å². The molecule has 0 aromatic rings. The Morgan fingerprint density at radius 2 is 1.42 bits per heavy atom. The third-order valence-electron chi connectivity index (χ3n) is 3.27. The maximum atomic E-state index is 2.37. The highest BCUT2D eigenvalue weighted by atomic mass is 32.2. The summed E-state index contributed by atoms with van der Waals surface area (Å²) in [7, 11) is 0. The van der Waals surface area contributed by atoms with Crippen molar-refractivity contribution in [3.8, 4) is 0 Å². The minimum Gasteiger partial charge on any atom is -0.162 e. The van der Waals surface area contributed by atoms with Crippen molar-refractivity contribution in [3.05, 3.63) is 0 Å². The zero-order chi connectivity index (χ0) is 9.94. The molecule has 3 atom stereocenters. The van der Waals surface area contributed by atoms with Gasteiger partial charge in [0.1, 0.15) is 0 Å². The molecule has 0 saturated carbocycles. The second kappa shape index (κ2) is 4.55. The largest absolute Gasteiger partial charge is 0.162 e. The van der Waals surface area contributed by atoms with Crippen LogP contribution in [0, 0.1) is 17.3 Å². The van der Waals surface area contributed by atoms with Crippen LogP contribution >= 0.6 is 11.8 Å². The summed E-state index contributed by atoms with van der Waals surface area (Å²) in [4.78, 5) is 0. The quantitative estimate of drug-likeness (QED) is 0.644. The molecule has 0 aliphatic heterocycles. The van der Waals surface area contributed by atoms with E-state index >= 15 is 0 Å².